The van der Waals surface area contributed by atoms with Crippen molar-refractivity contribution in [3.05, 3.63) is 27.3 Å². The van der Waals surface area contributed by atoms with Gasteiger partial charge in [0.15, 0.2) is 5.82 Å². The Hall–Kier alpha value is -0.720. The minimum atomic E-state index is -0.364. The van der Waals surface area contributed by atoms with Gasteiger partial charge in [-0.2, -0.15) is 0 Å². The number of halogens is 2. The smallest absolute Gasteiger partial charge is 0.217 e. The van der Waals surface area contributed by atoms with E-state index in [1.54, 1.807) is 6.07 Å². The third-order valence-electron chi connectivity index (χ3n) is 1.42. The predicted octanol–water partition coefficient (Wildman–Crippen LogP) is 1.46. The Morgan fingerprint density at radius 1 is 1.77 bits per heavy atom. The zero-order valence-electron chi connectivity index (χ0n) is 6.97. The molecule has 1 heterocycles. The van der Waals surface area contributed by atoms with Gasteiger partial charge in [-0.15, -0.1) is 0 Å². The summed E-state index contributed by atoms with van der Waals surface area (Å²) in [4.78, 5) is 14.4. The summed E-state index contributed by atoms with van der Waals surface area (Å²) in [6.07, 6.45) is 1.52. The Labute approximate surface area is 88.9 Å². The van der Waals surface area contributed by atoms with Gasteiger partial charge in [0, 0.05) is 13.1 Å². The van der Waals surface area contributed by atoms with Gasteiger partial charge in [-0.05, 0) is 28.7 Å². The molecule has 0 bridgehead atoms. The first kappa shape index (κ1) is 10.4. The molecule has 0 atom stereocenters. The first-order chi connectivity index (χ1) is 6.11. The van der Waals surface area contributed by atoms with Gasteiger partial charge in [-0.25, -0.2) is 4.39 Å². The van der Waals surface area contributed by atoms with E-state index in [4.69, 9.17) is 0 Å². The molecule has 1 aromatic heterocycles. The standard InChI is InChI=1S/C8H8FIN2O/c1-5(13)12-4-7-8(9)6(10)2-3-11-7/h2-3H,4H2,1H3,(H,12,13). The summed E-state index contributed by atoms with van der Waals surface area (Å²) in [6.45, 7) is 1.52. The summed E-state index contributed by atoms with van der Waals surface area (Å²) >= 11 is 1.88. The van der Waals surface area contributed by atoms with Crippen LogP contribution in [0.25, 0.3) is 0 Å². The van der Waals surface area contributed by atoms with Crippen LogP contribution in [0.2, 0.25) is 0 Å². The molecule has 1 amide bonds. The molecule has 0 aliphatic heterocycles. The number of amides is 1. The van der Waals surface area contributed by atoms with Gasteiger partial charge in [0.1, 0.15) is 0 Å². The monoisotopic (exact) mass is 294 g/mol. The van der Waals surface area contributed by atoms with Gasteiger partial charge in [-0.1, -0.05) is 0 Å². The average Bonchev–Trinajstić information content (AvgIpc) is 2.07. The van der Waals surface area contributed by atoms with E-state index >= 15 is 0 Å². The summed E-state index contributed by atoms with van der Waals surface area (Å²) < 4.78 is 13.7. The fraction of sp³-hybridized carbons (Fsp3) is 0.250. The maximum atomic E-state index is 13.2. The van der Waals surface area contributed by atoms with Crippen LogP contribution in [0.1, 0.15) is 12.6 Å². The summed E-state index contributed by atoms with van der Waals surface area (Å²) in [5, 5.41) is 2.49. The number of carbonyl (C=O) groups is 1. The van der Waals surface area contributed by atoms with E-state index in [0.29, 0.717) is 3.57 Å². The van der Waals surface area contributed by atoms with Crippen molar-refractivity contribution < 1.29 is 9.18 Å². The van der Waals surface area contributed by atoms with E-state index in [9.17, 15) is 9.18 Å². The molecule has 0 aromatic carbocycles. The minimum absolute atomic E-state index is 0.137. The summed E-state index contributed by atoms with van der Waals surface area (Å²) in [5.74, 6) is -0.558. The second-order valence-corrected chi connectivity index (χ2v) is 3.63. The van der Waals surface area contributed by atoms with Crippen LogP contribution in [-0.4, -0.2) is 10.9 Å². The number of hydrogen-bond donors (Lipinski definition) is 1. The molecule has 0 radical (unpaired) electrons. The average molecular weight is 294 g/mol. The van der Waals surface area contributed by atoms with Gasteiger partial charge in [0.25, 0.3) is 0 Å². The van der Waals surface area contributed by atoms with Gasteiger partial charge in [0.2, 0.25) is 5.91 Å². The predicted molar refractivity (Wildman–Crippen MR) is 54.4 cm³/mol. The van der Waals surface area contributed by atoms with E-state index < -0.39 is 0 Å². The fourth-order valence-corrected chi connectivity index (χ4v) is 1.26. The third-order valence-corrected chi connectivity index (χ3v) is 2.25. The van der Waals surface area contributed by atoms with Crippen molar-refractivity contribution in [2.75, 3.05) is 0 Å². The number of aromatic nitrogens is 1. The summed E-state index contributed by atoms with van der Waals surface area (Å²) in [6, 6.07) is 1.58. The zero-order valence-corrected chi connectivity index (χ0v) is 9.13. The molecule has 0 aliphatic rings. The van der Waals surface area contributed by atoms with Crippen LogP contribution < -0.4 is 5.32 Å². The molecular weight excluding hydrogens is 286 g/mol. The number of pyridine rings is 1. The first-order valence-electron chi connectivity index (χ1n) is 3.64. The van der Waals surface area contributed by atoms with Crippen LogP contribution >= 0.6 is 22.6 Å². The van der Waals surface area contributed by atoms with Crippen LogP contribution in [0.15, 0.2) is 12.3 Å². The molecule has 0 unspecified atom stereocenters. The lowest BCUT2D eigenvalue weighted by atomic mass is 10.3. The van der Waals surface area contributed by atoms with Crippen molar-refractivity contribution in [2.24, 2.45) is 0 Å². The highest BCUT2D eigenvalue weighted by Gasteiger charge is 2.06. The molecule has 0 aliphatic carbocycles. The van der Waals surface area contributed by atoms with Gasteiger partial charge in [-0.3, -0.25) is 9.78 Å². The van der Waals surface area contributed by atoms with Crippen LogP contribution in [-0.2, 0) is 11.3 Å². The molecule has 13 heavy (non-hydrogen) atoms. The van der Waals surface area contributed by atoms with E-state index in [0.717, 1.165) is 0 Å². The van der Waals surface area contributed by atoms with Crippen LogP contribution in [0.4, 0.5) is 4.39 Å². The van der Waals surface area contributed by atoms with E-state index in [2.05, 4.69) is 10.3 Å². The fourth-order valence-electron chi connectivity index (χ4n) is 0.792. The molecule has 3 nitrogen and oxygen atoms in total. The van der Waals surface area contributed by atoms with E-state index in [1.807, 2.05) is 22.6 Å². The SMILES string of the molecule is CC(=O)NCc1nccc(I)c1F. The van der Waals surface area contributed by atoms with Crippen molar-refractivity contribution in [1.82, 2.24) is 10.3 Å². The molecule has 0 saturated carbocycles. The lowest BCUT2D eigenvalue weighted by molar-refractivity contribution is -0.119. The number of rotatable bonds is 2. The van der Waals surface area contributed by atoms with Gasteiger partial charge >= 0.3 is 0 Å². The van der Waals surface area contributed by atoms with Crippen LogP contribution in [0.3, 0.4) is 0 Å². The Kier molecular flexibility index (Phi) is 3.58. The molecule has 1 N–H and O–H groups in total. The quantitative estimate of drug-likeness (QED) is 0.839. The Bertz CT molecular complexity index is 330. The Balaban J connectivity index is 2.77. The van der Waals surface area contributed by atoms with Crippen molar-refractivity contribution in [2.45, 2.75) is 13.5 Å². The molecule has 0 spiro atoms. The molecular formula is C8H8FIN2O. The third kappa shape index (κ3) is 2.91. The van der Waals surface area contributed by atoms with Crippen molar-refractivity contribution >= 4 is 28.5 Å². The van der Waals surface area contributed by atoms with Crippen LogP contribution in [0, 0.1) is 9.39 Å². The minimum Gasteiger partial charge on any atom is -0.351 e. The molecule has 70 valence electrons. The first-order valence-corrected chi connectivity index (χ1v) is 4.72. The van der Waals surface area contributed by atoms with Gasteiger partial charge < -0.3 is 5.32 Å². The molecule has 0 saturated heterocycles. The van der Waals surface area contributed by atoms with Crippen molar-refractivity contribution in [3.63, 3.8) is 0 Å². The maximum Gasteiger partial charge on any atom is 0.217 e. The van der Waals surface area contributed by atoms with E-state index in [-0.39, 0.29) is 24.0 Å². The summed E-state index contributed by atoms with van der Waals surface area (Å²) in [7, 11) is 0. The lowest BCUT2D eigenvalue weighted by Crippen LogP contribution is -2.20. The number of hydrogen-bond acceptors (Lipinski definition) is 2. The van der Waals surface area contributed by atoms with E-state index in [1.165, 1.54) is 13.1 Å². The van der Waals surface area contributed by atoms with Gasteiger partial charge in [0.05, 0.1) is 15.8 Å². The molecule has 1 rings (SSSR count). The molecule has 5 heteroatoms. The summed E-state index contributed by atoms with van der Waals surface area (Å²) in [5.41, 5.74) is 0.266. The highest BCUT2D eigenvalue weighted by molar-refractivity contribution is 14.1. The van der Waals surface area contributed by atoms with Crippen LogP contribution in [0.5, 0.6) is 0 Å². The largest absolute Gasteiger partial charge is 0.351 e. The Morgan fingerprint density at radius 2 is 2.46 bits per heavy atom. The van der Waals surface area contributed by atoms with Crippen molar-refractivity contribution in [1.29, 1.82) is 0 Å². The highest BCUT2D eigenvalue weighted by Crippen LogP contribution is 2.11. The maximum absolute atomic E-state index is 13.2. The zero-order chi connectivity index (χ0) is 9.84. The highest BCUT2D eigenvalue weighted by atomic mass is 127. The molecule has 0 fully saturated rings. The lowest BCUT2D eigenvalue weighted by Gasteiger charge is -2.03. The number of nitrogens with zero attached hydrogens (tertiary/aromatic N) is 1. The normalized spacial score (nSPS) is 9.77. The Morgan fingerprint density at radius 3 is 3.08 bits per heavy atom. The van der Waals surface area contributed by atoms with Crippen molar-refractivity contribution in [3.8, 4) is 0 Å². The number of nitrogens with one attached hydrogen (secondary N) is 1. The second-order valence-electron chi connectivity index (χ2n) is 2.46. The second kappa shape index (κ2) is 4.50. The topological polar surface area (TPSA) is 42.0 Å². The number of carbonyl (C=O) groups excluding carboxylic acids is 1. The molecule has 1 aromatic rings.